The van der Waals surface area contributed by atoms with E-state index in [-0.39, 0.29) is 5.56 Å². The summed E-state index contributed by atoms with van der Waals surface area (Å²) in [5.74, 6) is -0.958. The summed E-state index contributed by atoms with van der Waals surface area (Å²) in [7, 11) is 0. The fourth-order valence-electron chi connectivity index (χ4n) is 2.57. The van der Waals surface area contributed by atoms with E-state index in [1.54, 1.807) is 24.4 Å². The van der Waals surface area contributed by atoms with Gasteiger partial charge in [-0.25, -0.2) is 4.39 Å². The molecule has 3 N–H and O–H groups in total. The van der Waals surface area contributed by atoms with Crippen LogP contribution in [0.25, 0.3) is 0 Å². The van der Waals surface area contributed by atoms with Crippen molar-refractivity contribution in [2.24, 2.45) is 10.2 Å². The largest absolute Gasteiger partial charge is 0.416 e. The third-order valence-corrected chi connectivity index (χ3v) is 4.85. The molecule has 0 unspecified atom stereocenters. The highest BCUT2D eigenvalue weighted by atomic mass is 32.2. The molecule has 0 saturated carbocycles. The minimum atomic E-state index is -4.27. The Bertz CT molecular complexity index is 1060. The third kappa shape index (κ3) is 6.93. The predicted octanol–water partition coefficient (Wildman–Crippen LogP) is 6.05. The molecule has 4 nitrogen and oxygen atoms in total. The van der Waals surface area contributed by atoms with Crippen molar-refractivity contribution in [3.63, 3.8) is 0 Å². The fraction of sp³-hybridized carbons (Fsp3) is 0.130. The summed E-state index contributed by atoms with van der Waals surface area (Å²) in [6.45, 7) is 5.86. The number of ketones is 1. The van der Waals surface area contributed by atoms with Crippen LogP contribution >= 0.6 is 11.9 Å². The maximum atomic E-state index is 13.7. The topological polar surface area (TPSA) is 67.5 Å². The van der Waals surface area contributed by atoms with E-state index in [0.29, 0.717) is 16.0 Å². The SMILES string of the molecule is C=C1/C=C(CC)\C=N/N/C=C\1C(=O)c1ccccc1F.NSc1ccc(C(F)(F)F)cc1. The molecule has 3 rings (SSSR count). The van der Waals surface area contributed by atoms with Gasteiger partial charge in [-0.15, -0.1) is 0 Å². The molecule has 0 aromatic heterocycles. The molecule has 0 bridgehead atoms. The lowest BCUT2D eigenvalue weighted by Gasteiger charge is -2.11. The average Bonchev–Trinajstić information content (AvgIpc) is 2.76. The molecule has 9 heteroatoms. The number of hydrogen-bond acceptors (Lipinski definition) is 5. The summed E-state index contributed by atoms with van der Waals surface area (Å²) < 4.78 is 49.7. The minimum Gasteiger partial charge on any atom is -0.288 e. The molecular weight excluding hydrogens is 442 g/mol. The van der Waals surface area contributed by atoms with Crippen LogP contribution in [0.3, 0.4) is 0 Å². The molecule has 2 aromatic rings. The maximum absolute atomic E-state index is 13.7. The van der Waals surface area contributed by atoms with E-state index in [0.717, 1.165) is 36.1 Å². The van der Waals surface area contributed by atoms with E-state index in [2.05, 4.69) is 17.1 Å². The van der Waals surface area contributed by atoms with Gasteiger partial charge in [0.2, 0.25) is 0 Å². The smallest absolute Gasteiger partial charge is 0.288 e. The lowest BCUT2D eigenvalue weighted by molar-refractivity contribution is -0.137. The van der Waals surface area contributed by atoms with Crippen molar-refractivity contribution in [3.8, 4) is 0 Å². The Labute approximate surface area is 187 Å². The highest BCUT2D eigenvalue weighted by molar-refractivity contribution is 7.97. The maximum Gasteiger partial charge on any atom is 0.416 e. The van der Waals surface area contributed by atoms with Crippen LogP contribution in [-0.2, 0) is 6.18 Å². The molecule has 0 atom stereocenters. The zero-order valence-corrected chi connectivity index (χ0v) is 17.9. The number of allylic oxidation sites excluding steroid dienone is 4. The van der Waals surface area contributed by atoms with E-state index in [1.807, 2.05) is 6.92 Å². The van der Waals surface area contributed by atoms with Crippen LogP contribution in [-0.4, -0.2) is 12.0 Å². The van der Waals surface area contributed by atoms with E-state index in [4.69, 9.17) is 5.14 Å². The van der Waals surface area contributed by atoms with Gasteiger partial charge in [-0.05, 0) is 72.0 Å². The van der Waals surface area contributed by atoms with Crippen molar-refractivity contribution in [2.45, 2.75) is 24.4 Å². The van der Waals surface area contributed by atoms with Crippen LogP contribution in [0, 0.1) is 5.82 Å². The number of hydrazone groups is 1. The van der Waals surface area contributed by atoms with Crippen molar-refractivity contribution in [1.29, 1.82) is 0 Å². The average molecular weight is 464 g/mol. The number of hydrogen-bond donors (Lipinski definition) is 2. The van der Waals surface area contributed by atoms with Crippen LogP contribution in [0.2, 0.25) is 0 Å². The fourth-order valence-corrected chi connectivity index (χ4v) is 2.86. The summed E-state index contributed by atoms with van der Waals surface area (Å²) in [6, 6.07) is 10.6. The molecule has 1 aliphatic heterocycles. The second-order valence-electron chi connectivity index (χ2n) is 6.49. The van der Waals surface area contributed by atoms with Crippen molar-refractivity contribution < 1.29 is 22.4 Å². The lowest BCUT2D eigenvalue weighted by Crippen LogP contribution is -2.12. The number of halogens is 4. The number of benzene rings is 2. The number of nitrogens with one attached hydrogen (secondary N) is 1. The normalized spacial score (nSPS) is 17.9. The van der Waals surface area contributed by atoms with Crippen LogP contribution in [0.1, 0.15) is 29.3 Å². The molecule has 0 saturated heterocycles. The Morgan fingerprint density at radius 2 is 1.81 bits per heavy atom. The zero-order chi connectivity index (χ0) is 23.7. The molecule has 0 fully saturated rings. The van der Waals surface area contributed by atoms with Gasteiger partial charge in [0.1, 0.15) is 5.82 Å². The molecule has 0 radical (unpaired) electrons. The van der Waals surface area contributed by atoms with E-state index < -0.39 is 23.3 Å². The Balaban J connectivity index is 0.000000258. The number of rotatable bonds is 4. The number of carbonyl (C=O) groups is 1. The number of nitrogens with two attached hydrogens (primary N) is 1. The van der Waals surface area contributed by atoms with Crippen molar-refractivity contribution >= 4 is 23.9 Å². The zero-order valence-electron chi connectivity index (χ0n) is 17.1. The molecule has 2 aromatic carbocycles. The minimum absolute atomic E-state index is 0.0256. The van der Waals surface area contributed by atoms with Crippen LogP contribution < -0.4 is 10.6 Å². The number of alkyl halides is 3. The van der Waals surface area contributed by atoms with Crippen LogP contribution in [0.5, 0.6) is 0 Å². The van der Waals surface area contributed by atoms with E-state index in [9.17, 15) is 22.4 Å². The van der Waals surface area contributed by atoms with Crippen LogP contribution in [0.15, 0.2) is 94.1 Å². The number of nitrogens with zero attached hydrogens (tertiary/aromatic N) is 1. The first-order valence-electron chi connectivity index (χ1n) is 9.39. The van der Waals surface area contributed by atoms with Gasteiger partial charge in [-0.3, -0.25) is 15.4 Å². The molecule has 32 heavy (non-hydrogen) atoms. The first-order chi connectivity index (χ1) is 15.2. The van der Waals surface area contributed by atoms with Gasteiger partial charge in [-0.2, -0.15) is 18.3 Å². The van der Waals surface area contributed by atoms with E-state index in [1.165, 1.54) is 30.5 Å². The van der Waals surface area contributed by atoms with Gasteiger partial charge >= 0.3 is 6.18 Å². The first kappa shape index (κ1) is 25.1. The van der Waals surface area contributed by atoms with Gasteiger partial charge in [0, 0.05) is 16.7 Å². The number of carbonyl (C=O) groups excluding carboxylic acids is 1. The summed E-state index contributed by atoms with van der Waals surface area (Å²) >= 11 is 0.921. The summed E-state index contributed by atoms with van der Waals surface area (Å²) in [5, 5.41) is 9.10. The monoisotopic (exact) mass is 463 g/mol. The van der Waals surface area contributed by atoms with Crippen molar-refractivity contribution in [2.75, 3.05) is 0 Å². The third-order valence-electron chi connectivity index (χ3n) is 4.31. The van der Waals surface area contributed by atoms with Gasteiger partial charge in [-0.1, -0.05) is 25.6 Å². The molecule has 0 spiro atoms. The van der Waals surface area contributed by atoms with Gasteiger partial charge in [0.25, 0.3) is 0 Å². The number of Topliss-reactive ketones (excluding diaryl/α,β-unsaturated/α-hetero) is 1. The standard InChI is InChI=1S/C16H15FN2O.C7H6F3NS/c1-3-12-8-11(2)14(10-19-18-9-12)16(20)13-6-4-5-7-15(13)17;8-7(9,10)5-1-3-6(12-11)4-2-5/h4-10,19H,2-3H2,1H3;1-4H,11H2/b12-8-,14-10+,18-9-;. The second-order valence-corrected chi connectivity index (χ2v) is 7.20. The highest BCUT2D eigenvalue weighted by Crippen LogP contribution is 2.29. The Morgan fingerprint density at radius 1 is 1.16 bits per heavy atom. The first-order valence-corrected chi connectivity index (χ1v) is 10.3. The Morgan fingerprint density at radius 3 is 2.38 bits per heavy atom. The van der Waals surface area contributed by atoms with Gasteiger partial charge in [0.15, 0.2) is 5.78 Å². The Kier molecular flexibility index (Phi) is 8.98. The molecule has 0 aliphatic carbocycles. The second kappa shape index (κ2) is 11.4. The van der Waals surface area contributed by atoms with Gasteiger partial charge in [0.05, 0.1) is 17.3 Å². The van der Waals surface area contributed by atoms with Gasteiger partial charge < -0.3 is 0 Å². The molecule has 1 aliphatic rings. The van der Waals surface area contributed by atoms with Crippen LogP contribution in [0.4, 0.5) is 17.6 Å². The predicted molar refractivity (Wildman–Crippen MR) is 119 cm³/mol. The summed E-state index contributed by atoms with van der Waals surface area (Å²) in [6.07, 6.45) is 1.40. The molecular formula is C23H21F4N3OS. The summed E-state index contributed by atoms with van der Waals surface area (Å²) in [4.78, 5) is 13.0. The van der Waals surface area contributed by atoms with E-state index >= 15 is 0 Å². The molecule has 168 valence electrons. The van der Waals surface area contributed by atoms with Crippen molar-refractivity contribution in [1.82, 2.24) is 5.43 Å². The highest BCUT2D eigenvalue weighted by Gasteiger charge is 2.29. The van der Waals surface area contributed by atoms with Crippen molar-refractivity contribution in [3.05, 3.63) is 101 Å². The Hall–Kier alpha value is -3.17. The quantitative estimate of drug-likeness (QED) is 0.329. The molecule has 0 amide bonds. The molecule has 1 heterocycles. The lowest BCUT2D eigenvalue weighted by atomic mass is 9.96. The summed E-state index contributed by atoms with van der Waals surface area (Å²) in [5.41, 5.74) is 3.82.